The monoisotopic (exact) mass is 339 g/mol. The third kappa shape index (κ3) is 4.41. The van der Waals surface area contributed by atoms with Gasteiger partial charge in [-0.3, -0.25) is 4.79 Å². The number of thioether (sulfide) groups is 1. The van der Waals surface area contributed by atoms with Gasteiger partial charge in [-0.2, -0.15) is 0 Å². The number of nitrogens with one attached hydrogen (secondary N) is 1. The third-order valence-electron chi connectivity index (χ3n) is 4.63. The molecule has 2 aromatic rings. The molecule has 0 radical (unpaired) electrons. The summed E-state index contributed by atoms with van der Waals surface area (Å²) in [6.45, 7) is 2.13. The Morgan fingerprint density at radius 3 is 2.58 bits per heavy atom. The third-order valence-corrected chi connectivity index (χ3v) is 5.64. The van der Waals surface area contributed by atoms with E-state index in [2.05, 4.69) is 30.4 Å². The lowest BCUT2D eigenvalue weighted by Crippen LogP contribution is -2.29. The zero-order valence-electron chi connectivity index (χ0n) is 14.3. The summed E-state index contributed by atoms with van der Waals surface area (Å²) in [6, 6.07) is 17.0. The molecule has 0 saturated carbocycles. The number of rotatable bonds is 6. The molecule has 0 aliphatic heterocycles. The fourth-order valence-electron chi connectivity index (χ4n) is 3.29. The number of carbonyl (C=O) groups excluding carboxylic acids is 1. The summed E-state index contributed by atoms with van der Waals surface area (Å²) in [5, 5.41) is 3.20. The molecule has 3 heteroatoms. The topological polar surface area (TPSA) is 29.1 Å². The Bertz CT molecular complexity index is 683. The largest absolute Gasteiger partial charge is 0.349 e. The van der Waals surface area contributed by atoms with Crippen LogP contribution in [-0.4, -0.2) is 11.7 Å². The van der Waals surface area contributed by atoms with E-state index in [-0.39, 0.29) is 11.9 Å². The van der Waals surface area contributed by atoms with Crippen LogP contribution in [0.25, 0.3) is 0 Å². The fraction of sp³-hybridized carbons (Fsp3) is 0.381. The Hall–Kier alpha value is -1.74. The standard InChI is InChI=1S/C21H25NOS/c1-2-20(18-13-12-16-8-6-7-9-17(16)14-18)22-21(23)15-24-19-10-4-3-5-11-19/h3-5,10-14,20H,2,6-9,15H2,1H3,(H,22,23)/t20-/m0/s1. The Morgan fingerprint density at radius 2 is 1.83 bits per heavy atom. The van der Waals surface area contributed by atoms with E-state index < -0.39 is 0 Å². The van der Waals surface area contributed by atoms with Gasteiger partial charge in [0, 0.05) is 4.90 Å². The van der Waals surface area contributed by atoms with Gasteiger partial charge in [-0.25, -0.2) is 0 Å². The molecule has 24 heavy (non-hydrogen) atoms. The normalized spacial score (nSPS) is 14.7. The highest BCUT2D eigenvalue weighted by Gasteiger charge is 2.16. The molecule has 1 N–H and O–H groups in total. The lowest BCUT2D eigenvalue weighted by atomic mass is 9.89. The van der Waals surface area contributed by atoms with Crippen LogP contribution in [0.3, 0.4) is 0 Å². The highest BCUT2D eigenvalue weighted by Crippen LogP contribution is 2.26. The lowest BCUT2D eigenvalue weighted by Gasteiger charge is -2.21. The Morgan fingerprint density at radius 1 is 1.08 bits per heavy atom. The summed E-state index contributed by atoms with van der Waals surface area (Å²) in [5.74, 6) is 0.569. The highest BCUT2D eigenvalue weighted by molar-refractivity contribution is 8.00. The van der Waals surface area contributed by atoms with Crippen molar-refractivity contribution in [3.63, 3.8) is 0 Å². The van der Waals surface area contributed by atoms with Crippen LogP contribution >= 0.6 is 11.8 Å². The summed E-state index contributed by atoms with van der Waals surface area (Å²) in [7, 11) is 0. The molecule has 2 nitrogen and oxygen atoms in total. The molecule has 1 aliphatic rings. The smallest absolute Gasteiger partial charge is 0.230 e. The number of fused-ring (bicyclic) bond motifs is 1. The van der Waals surface area contributed by atoms with Crippen LogP contribution in [0.15, 0.2) is 53.4 Å². The van der Waals surface area contributed by atoms with E-state index in [1.807, 2.05) is 30.3 Å². The van der Waals surface area contributed by atoms with Gasteiger partial charge in [-0.15, -0.1) is 11.8 Å². The van der Waals surface area contributed by atoms with Crippen LogP contribution < -0.4 is 5.32 Å². The summed E-state index contributed by atoms with van der Waals surface area (Å²) >= 11 is 1.59. The van der Waals surface area contributed by atoms with Crippen LogP contribution in [0, 0.1) is 0 Å². The minimum absolute atomic E-state index is 0.105. The highest BCUT2D eigenvalue weighted by atomic mass is 32.2. The molecular formula is C21H25NOS. The van der Waals surface area contributed by atoms with Crippen molar-refractivity contribution in [2.75, 3.05) is 5.75 Å². The van der Waals surface area contributed by atoms with E-state index in [1.54, 1.807) is 11.8 Å². The first-order valence-electron chi connectivity index (χ1n) is 8.85. The Labute approximate surface area is 149 Å². The van der Waals surface area contributed by atoms with Gasteiger partial charge in [-0.05, 0) is 60.9 Å². The molecule has 0 spiro atoms. The van der Waals surface area contributed by atoms with Crippen molar-refractivity contribution in [2.24, 2.45) is 0 Å². The molecule has 0 bridgehead atoms. The van der Waals surface area contributed by atoms with Crippen molar-refractivity contribution < 1.29 is 4.79 Å². The predicted octanol–water partition coefficient (Wildman–Crippen LogP) is 4.93. The van der Waals surface area contributed by atoms with Crippen LogP contribution in [0.2, 0.25) is 0 Å². The van der Waals surface area contributed by atoms with E-state index in [9.17, 15) is 4.79 Å². The van der Waals surface area contributed by atoms with Gasteiger partial charge < -0.3 is 5.32 Å². The van der Waals surface area contributed by atoms with Crippen molar-refractivity contribution in [3.05, 3.63) is 65.2 Å². The minimum atomic E-state index is 0.105. The second-order valence-electron chi connectivity index (χ2n) is 6.37. The quantitative estimate of drug-likeness (QED) is 0.757. The first kappa shape index (κ1) is 17.1. The number of benzene rings is 2. The average Bonchev–Trinajstić information content (AvgIpc) is 2.65. The molecule has 126 valence electrons. The van der Waals surface area contributed by atoms with E-state index >= 15 is 0 Å². The van der Waals surface area contributed by atoms with Crippen molar-refractivity contribution in [3.8, 4) is 0 Å². The first-order valence-corrected chi connectivity index (χ1v) is 9.83. The van der Waals surface area contributed by atoms with Crippen LogP contribution in [0.1, 0.15) is 48.9 Å². The zero-order chi connectivity index (χ0) is 16.8. The summed E-state index contributed by atoms with van der Waals surface area (Å²) in [4.78, 5) is 13.4. The molecule has 0 fully saturated rings. The Kier molecular flexibility index (Phi) is 5.97. The SMILES string of the molecule is CC[C@H](NC(=O)CSc1ccccc1)c1ccc2c(c1)CCCC2. The van der Waals surface area contributed by atoms with E-state index in [1.165, 1.54) is 42.4 Å². The van der Waals surface area contributed by atoms with Crippen LogP contribution in [-0.2, 0) is 17.6 Å². The van der Waals surface area contributed by atoms with Crippen molar-refractivity contribution in [1.82, 2.24) is 5.32 Å². The molecule has 0 heterocycles. The van der Waals surface area contributed by atoms with Crippen molar-refractivity contribution >= 4 is 17.7 Å². The number of amides is 1. The van der Waals surface area contributed by atoms with Crippen molar-refractivity contribution in [2.45, 2.75) is 50.0 Å². The Balaban J connectivity index is 1.60. The van der Waals surface area contributed by atoms with Gasteiger partial charge in [0.15, 0.2) is 0 Å². The molecular weight excluding hydrogens is 314 g/mol. The maximum absolute atomic E-state index is 12.3. The van der Waals surface area contributed by atoms with Crippen LogP contribution in [0.5, 0.6) is 0 Å². The van der Waals surface area contributed by atoms with Gasteiger partial charge in [0.2, 0.25) is 5.91 Å². The molecule has 1 atom stereocenters. The zero-order valence-corrected chi connectivity index (χ0v) is 15.1. The first-order chi connectivity index (χ1) is 11.8. The molecule has 0 aromatic heterocycles. The van der Waals surface area contributed by atoms with E-state index in [4.69, 9.17) is 0 Å². The number of hydrogen-bond acceptors (Lipinski definition) is 2. The van der Waals surface area contributed by atoms with Crippen LogP contribution in [0.4, 0.5) is 0 Å². The number of hydrogen-bond donors (Lipinski definition) is 1. The molecule has 3 rings (SSSR count). The second kappa shape index (κ2) is 8.39. The molecule has 0 saturated heterocycles. The van der Waals surface area contributed by atoms with Crippen molar-refractivity contribution in [1.29, 1.82) is 0 Å². The minimum Gasteiger partial charge on any atom is -0.349 e. The van der Waals surface area contributed by atoms with Gasteiger partial charge in [-0.1, -0.05) is 43.3 Å². The molecule has 1 amide bonds. The molecule has 1 aliphatic carbocycles. The lowest BCUT2D eigenvalue weighted by molar-refractivity contribution is -0.119. The molecule has 2 aromatic carbocycles. The predicted molar refractivity (Wildman–Crippen MR) is 101 cm³/mol. The average molecular weight is 340 g/mol. The van der Waals surface area contributed by atoms with E-state index in [0.717, 1.165) is 11.3 Å². The maximum Gasteiger partial charge on any atom is 0.230 e. The summed E-state index contributed by atoms with van der Waals surface area (Å²) in [5.41, 5.74) is 4.21. The number of carbonyl (C=O) groups is 1. The second-order valence-corrected chi connectivity index (χ2v) is 7.41. The van der Waals surface area contributed by atoms with E-state index in [0.29, 0.717) is 5.75 Å². The molecule has 0 unspecified atom stereocenters. The van der Waals surface area contributed by atoms with Gasteiger partial charge in [0.1, 0.15) is 0 Å². The van der Waals surface area contributed by atoms with Gasteiger partial charge >= 0.3 is 0 Å². The maximum atomic E-state index is 12.3. The fourth-order valence-corrected chi connectivity index (χ4v) is 4.02. The van der Waals surface area contributed by atoms with Gasteiger partial charge in [0.05, 0.1) is 11.8 Å². The number of aryl methyl sites for hydroxylation is 2. The van der Waals surface area contributed by atoms with Gasteiger partial charge in [0.25, 0.3) is 0 Å². The summed E-state index contributed by atoms with van der Waals surface area (Å²) < 4.78 is 0. The summed E-state index contributed by atoms with van der Waals surface area (Å²) in [6.07, 6.45) is 5.88.